The van der Waals surface area contributed by atoms with E-state index in [0.717, 1.165) is 6.07 Å². The molecule has 0 radical (unpaired) electrons. The van der Waals surface area contributed by atoms with Gasteiger partial charge in [-0.2, -0.15) is 0 Å². The molecule has 1 rings (SSSR count). The molecule has 6 heteroatoms. The van der Waals surface area contributed by atoms with Crippen molar-refractivity contribution in [2.24, 2.45) is 11.1 Å². The summed E-state index contributed by atoms with van der Waals surface area (Å²) in [7, 11) is 0. The number of rotatable bonds is 5. The SMILES string of the molecule is CC(C)(C)[C@H](NC(=O)CC(O)c1cccc(F)c1)C(N)=O. The third kappa shape index (κ3) is 5.15. The number of aliphatic hydroxyl groups is 1. The molecule has 0 aliphatic heterocycles. The van der Waals surface area contributed by atoms with Crippen LogP contribution in [0.3, 0.4) is 0 Å². The average Bonchev–Trinajstić information content (AvgIpc) is 2.34. The fraction of sp³-hybridized carbons (Fsp3) is 0.467. The predicted octanol–water partition coefficient (Wildman–Crippen LogP) is 1.27. The van der Waals surface area contributed by atoms with Gasteiger partial charge in [0.1, 0.15) is 11.9 Å². The van der Waals surface area contributed by atoms with E-state index in [1.807, 2.05) is 0 Å². The maximum Gasteiger partial charge on any atom is 0.240 e. The lowest BCUT2D eigenvalue weighted by Gasteiger charge is -2.29. The van der Waals surface area contributed by atoms with E-state index in [-0.39, 0.29) is 6.42 Å². The smallest absolute Gasteiger partial charge is 0.240 e. The highest BCUT2D eigenvalue weighted by molar-refractivity contribution is 5.87. The summed E-state index contributed by atoms with van der Waals surface area (Å²) in [6, 6.07) is 4.54. The Morgan fingerprint density at radius 1 is 1.38 bits per heavy atom. The van der Waals surface area contributed by atoms with Gasteiger partial charge in [0.2, 0.25) is 11.8 Å². The average molecular weight is 296 g/mol. The molecule has 0 bridgehead atoms. The van der Waals surface area contributed by atoms with Gasteiger partial charge in [-0.05, 0) is 23.1 Å². The highest BCUT2D eigenvalue weighted by atomic mass is 19.1. The molecule has 2 amide bonds. The topological polar surface area (TPSA) is 92.4 Å². The highest BCUT2D eigenvalue weighted by Crippen LogP contribution is 2.21. The van der Waals surface area contributed by atoms with Crippen molar-refractivity contribution in [2.45, 2.75) is 39.3 Å². The molecule has 0 aromatic heterocycles. The van der Waals surface area contributed by atoms with Gasteiger partial charge >= 0.3 is 0 Å². The second-order valence-corrected chi connectivity index (χ2v) is 6.04. The van der Waals surface area contributed by atoms with Crippen LogP contribution in [-0.4, -0.2) is 23.0 Å². The molecule has 0 saturated heterocycles. The second kappa shape index (κ2) is 6.67. The van der Waals surface area contributed by atoms with E-state index in [0.29, 0.717) is 5.56 Å². The molecule has 1 aromatic carbocycles. The molecular weight excluding hydrogens is 275 g/mol. The third-order valence-corrected chi connectivity index (χ3v) is 3.07. The predicted molar refractivity (Wildman–Crippen MR) is 76.6 cm³/mol. The first kappa shape index (κ1) is 17.1. The van der Waals surface area contributed by atoms with E-state index in [4.69, 9.17) is 5.73 Å². The van der Waals surface area contributed by atoms with Gasteiger partial charge < -0.3 is 16.2 Å². The molecule has 1 unspecified atom stereocenters. The number of amides is 2. The maximum atomic E-state index is 13.1. The highest BCUT2D eigenvalue weighted by Gasteiger charge is 2.31. The second-order valence-electron chi connectivity index (χ2n) is 6.04. The molecule has 1 aromatic rings. The molecule has 4 N–H and O–H groups in total. The van der Waals surface area contributed by atoms with Crippen LogP contribution in [0.2, 0.25) is 0 Å². The first-order chi connectivity index (χ1) is 9.61. The van der Waals surface area contributed by atoms with E-state index in [1.54, 1.807) is 20.8 Å². The fourth-order valence-corrected chi connectivity index (χ4v) is 1.94. The number of hydrogen-bond acceptors (Lipinski definition) is 3. The van der Waals surface area contributed by atoms with Crippen LogP contribution in [-0.2, 0) is 9.59 Å². The molecule has 5 nitrogen and oxygen atoms in total. The minimum absolute atomic E-state index is 0.274. The van der Waals surface area contributed by atoms with Crippen molar-refractivity contribution in [1.29, 1.82) is 0 Å². The first-order valence-electron chi connectivity index (χ1n) is 6.63. The summed E-state index contributed by atoms with van der Waals surface area (Å²) in [4.78, 5) is 23.3. The van der Waals surface area contributed by atoms with E-state index in [9.17, 15) is 19.1 Å². The molecule has 0 fully saturated rings. The number of halogens is 1. The first-order valence-corrected chi connectivity index (χ1v) is 6.63. The lowest BCUT2D eigenvalue weighted by atomic mass is 9.86. The summed E-state index contributed by atoms with van der Waals surface area (Å²) in [5.41, 5.74) is 5.03. The lowest BCUT2D eigenvalue weighted by molar-refractivity contribution is -0.130. The van der Waals surface area contributed by atoms with Crippen LogP contribution in [0, 0.1) is 11.2 Å². The van der Waals surface area contributed by atoms with Gasteiger partial charge in [0, 0.05) is 0 Å². The Morgan fingerprint density at radius 2 is 2.00 bits per heavy atom. The van der Waals surface area contributed by atoms with Crippen molar-refractivity contribution in [3.63, 3.8) is 0 Å². The number of nitrogens with one attached hydrogen (secondary N) is 1. The van der Waals surface area contributed by atoms with E-state index < -0.39 is 35.2 Å². The number of primary amides is 1. The van der Waals surface area contributed by atoms with Crippen LogP contribution in [0.4, 0.5) is 4.39 Å². The Morgan fingerprint density at radius 3 is 2.48 bits per heavy atom. The van der Waals surface area contributed by atoms with E-state index in [2.05, 4.69) is 5.32 Å². The maximum absolute atomic E-state index is 13.1. The summed E-state index contributed by atoms with van der Waals surface area (Å²) in [6.45, 7) is 5.31. The monoisotopic (exact) mass is 296 g/mol. The van der Waals surface area contributed by atoms with Crippen molar-refractivity contribution in [1.82, 2.24) is 5.32 Å². The minimum atomic E-state index is -1.14. The normalized spacial score (nSPS) is 14.3. The van der Waals surface area contributed by atoms with Crippen molar-refractivity contribution in [3.8, 4) is 0 Å². The van der Waals surface area contributed by atoms with Gasteiger partial charge in [-0.3, -0.25) is 9.59 Å². The van der Waals surface area contributed by atoms with E-state index >= 15 is 0 Å². The summed E-state index contributed by atoms with van der Waals surface area (Å²) in [5.74, 6) is -1.65. The third-order valence-electron chi connectivity index (χ3n) is 3.07. The lowest BCUT2D eigenvalue weighted by Crippen LogP contribution is -2.52. The van der Waals surface area contributed by atoms with Crippen LogP contribution in [0.15, 0.2) is 24.3 Å². The zero-order chi connectivity index (χ0) is 16.2. The summed E-state index contributed by atoms with van der Waals surface area (Å²) < 4.78 is 13.1. The Balaban J connectivity index is 2.70. The Bertz CT molecular complexity index is 526. The van der Waals surface area contributed by atoms with Crippen molar-refractivity contribution in [3.05, 3.63) is 35.6 Å². The van der Waals surface area contributed by atoms with Gasteiger partial charge in [-0.15, -0.1) is 0 Å². The molecule has 116 valence electrons. The van der Waals surface area contributed by atoms with Crippen molar-refractivity contribution < 1.29 is 19.1 Å². The molecule has 0 saturated carbocycles. The standard InChI is InChI=1S/C15H21FN2O3/c1-15(2,3)13(14(17)21)18-12(20)8-11(19)9-5-4-6-10(16)7-9/h4-7,11,13,19H,8H2,1-3H3,(H2,17,21)(H,18,20)/t11?,13-/m1/s1. The summed E-state index contributed by atoms with van der Waals surface area (Å²) in [5, 5.41) is 12.4. The Hall–Kier alpha value is -1.95. The van der Waals surface area contributed by atoms with Crippen LogP contribution in [0.1, 0.15) is 38.9 Å². The molecule has 0 aliphatic rings. The molecule has 0 aliphatic carbocycles. The molecule has 21 heavy (non-hydrogen) atoms. The Labute approximate surface area is 123 Å². The number of hydrogen-bond donors (Lipinski definition) is 3. The molecule has 0 heterocycles. The zero-order valence-corrected chi connectivity index (χ0v) is 12.4. The molecule has 2 atom stereocenters. The largest absolute Gasteiger partial charge is 0.388 e. The minimum Gasteiger partial charge on any atom is -0.388 e. The molecular formula is C15H21FN2O3. The van der Waals surface area contributed by atoms with Crippen molar-refractivity contribution in [2.75, 3.05) is 0 Å². The van der Waals surface area contributed by atoms with Gasteiger partial charge in [0.25, 0.3) is 0 Å². The number of carbonyl (C=O) groups is 2. The van der Waals surface area contributed by atoms with Gasteiger partial charge in [0.15, 0.2) is 0 Å². The fourth-order valence-electron chi connectivity index (χ4n) is 1.94. The van der Waals surface area contributed by atoms with Gasteiger partial charge in [-0.25, -0.2) is 4.39 Å². The van der Waals surface area contributed by atoms with Crippen LogP contribution in [0.5, 0.6) is 0 Å². The van der Waals surface area contributed by atoms with E-state index in [1.165, 1.54) is 18.2 Å². The quantitative estimate of drug-likeness (QED) is 0.764. The molecule has 0 spiro atoms. The number of aliphatic hydroxyl groups excluding tert-OH is 1. The number of nitrogens with two attached hydrogens (primary N) is 1. The number of benzene rings is 1. The van der Waals surface area contributed by atoms with Crippen LogP contribution < -0.4 is 11.1 Å². The van der Waals surface area contributed by atoms with Crippen molar-refractivity contribution >= 4 is 11.8 Å². The van der Waals surface area contributed by atoms with Crippen LogP contribution in [0.25, 0.3) is 0 Å². The van der Waals surface area contributed by atoms with Crippen LogP contribution >= 0.6 is 0 Å². The van der Waals surface area contributed by atoms with Gasteiger partial charge in [0.05, 0.1) is 12.5 Å². The summed E-state index contributed by atoms with van der Waals surface area (Å²) >= 11 is 0. The Kier molecular flexibility index (Phi) is 5.43. The zero-order valence-electron chi connectivity index (χ0n) is 12.4. The van der Waals surface area contributed by atoms with Gasteiger partial charge in [-0.1, -0.05) is 32.9 Å². The number of carbonyl (C=O) groups excluding carboxylic acids is 2. The summed E-state index contributed by atoms with van der Waals surface area (Å²) in [6.07, 6.45) is -1.42.